The molecule has 0 aliphatic carbocycles. The highest BCUT2D eigenvalue weighted by molar-refractivity contribution is 9.15. The molecule has 1 amide bonds. The predicted molar refractivity (Wildman–Crippen MR) is 113 cm³/mol. The molecule has 2 aromatic carbocycles. The van der Waals surface area contributed by atoms with Crippen molar-refractivity contribution in [1.82, 2.24) is 0 Å². The second-order valence-electron chi connectivity index (χ2n) is 6.97. The molecule has 136 valence electrons. The molecule has 3 heteroatoms. The number of fused-ring (bicyclic) bond motifs is 1. The van der Waals surface area contributed by atoms with Crippen molar-refractivity contribution in [3.05, 3.63) is 70.9 Å². The number of anilines is 1. The fourth-order valence-electron chi connectivity index (χ4n) is 3.47. The second-order valence-corrected chi connectivity index (χ2v) is 7.76. The first kappa shape index (κ1) is 18.9. The van der Waals surface area contributed by atoms with Crippen molar-refractivity contribution in [1.29, 1.82) is 0 Å². The van der Waals surface area contributed by atoms with E-state index in [-0.39, 0.29) is 5.91 Å². The normalized spacial score (nSPS) is 14.4. The minimum absolute atomic E-state index is 0.140. The fraction of sp³-hybridized carbons (Fsp3) is 0.348. The van der Waals surface area contributed by atoms with E-state index in [0.717, 1.165) is 39.8 Å². The van der Waals surface area contributed by atoms with Crippen LogP contribution in [0.1, 0.15) is 55.7 Å². The van der Waals surface area contributed by atoms with Crippen LogP contribution in [0.2, 0.25) is 0 Å². The Morgan fingerprint density at radius 1 is 1.00 bits per heavy atom. The SMILES string of the molecule is CCCCCCC1=C(Br)c2ccccc2CC(=O)N1c1ccc(C)cc1. The smallest absolute Gasteiger partial charge is 0.235 e. The molecule has 3 rings (SSSR count). The van der Waals surface area contributed by atoms with Gasteiger partial charge in [-0.15, -0.1) is 0 Å². The van der Waals surface area contributed by atoms with Gasteiger partial charge in [-0.3, -0.25) is 9.69 Å². The standard InChI is InChI=1S/C23H26BrNO/c1-3-4-5-6-11-21-23(24)20-10-8-7-9-18(20)16-22(26)25(21)19-14-12-17(2)13-15-19/h7-10,12-15H,3-6,11,16H2,1-2H3. The number of amides is 1. The van der Waals surface area contributed by atoms with Gasteiger partial charge in [0.25, 0.3) is 0 Å². The molecule has 0 aromatic heterocycles. The first-order valence-corrected chi connectivity index (χ1v) is 10.3. The van der Waals surface area contributed by atoms with Crippen LogP contribution >= 0.6 is 15.9 Å². The largest absolute Gasteiger partial charge is 0.283 e. The van der Waals surface area contributed by atoms with Gasteiger partial charge >= 0.3 is 0 Å². The number of benzene rings is 2. The number of unbranched alkanes of at least 4 members (excludes halogenated alkanes) is 3. The number of allylic oxidation sites excluding steroid dienone is 1. The minimum atomic E-state index is 0.140. The van der Waals surface area contributed by atoms with Crippen LogP contribution in [0.5, 0.6) is 0 Å². The highest BCUT2D eigenvalue weighted by atomic mass is 79.9. The van der Waals surface area contributed by atoms with E-state index in [1.54, 1.807) is 0 Å². The van der Waals surface area contributed by atoms with Crippen LogP contribution in [0.15, 0.2) is 54.2 Å². The molecule has 0 radical (unpaired) electrons. The fourth-order valence-corrected chi connectivity index (χ4v) is 4.23. The van der Waals surface area contributed by atoms with Crippen LogP contribution in [-0.4, -0.2) is 5.91 Å². The maximum absolute atomic E-state index is 13.2. The van der Waals surface area contributed by atoms with Crippen molar-refractivity contribution >= 4 is 32.0 Å². The molecule has 0 N–H and O–H groups in total. The summed E-state index contributed by atoms with van der Waals surface area (Å²) in [5.74, 6) is 0.140. The first-order chi connectivity index (χ1) is 12.6. The third-order valence-corrected chi connectivity index (χ3v) is 5.81. The third kappa shape index (κ3) is 4.09. The molecule has 26 heavy (non-hydrogen) atoms. The van der Waals surface area contributed by atoms with E-state index in [2.05, 4.69) is 66.2 Å². The lowest BCUT2D eigenvalue weighted by Crippen LogP contribution is -2.30. The molecule has 0 fully saturated rings. The van der Waals surface area contributed by atoms with Crippen molar-refractivity contribution in [2.24, 2.45) is 0 Å². The van der Waals surface area contributed by atoms with Crippen LogP contribution < -0.4 is 4.90 Å². The molecule has 1 aliphatic heterocycles. The van der Waals surface area contributed by atoms with Gasteiger partial charge in [-0.05, 0) is 59.0 Å². The summed E-state index contributed by atoms with van der Waals surface area (Å²) in [7, 11) is 0. The zero-order chi connectivity index (χ0) is 18.5. The van der Waals surface area contributed by atoms with Crippen LogP contribution in [0.3, 0.4) is 0 Å². The zero-order valence-electron chi connectivity index (χ0n) is 15.6. The monoisotopic (exact) mass is 411 g/mol. The number of nitrogens with zero attached hydrogens (tertiary/aromatic N) is 1. The molecule has 0 atom stereocenters. The Labute approximate surface area is 165 Å². The summed E-state index contributed by atoms with van der Waals surface area (Å²) in [6.07, 6.45) is 6.06. The maximum atomic E-state index is 13.2. The van der Waals surface area contributed by atoms with E-state index in [1.165, 1.54) is 24.8 Å². The van der Waals surface area contributed by atoms with E-state index in [9.17, 15) is 4.79 Å². The summed E-state index contributed by atoms with van der Waals surface area (Å²) < 4.78 is 1.05. The van der Waals surface area contributed by atoms with Gasteiger partial charge in [0.1, 0.15) is 0 Å². The molecule has 2 aromatic rings. The Bertz CT molecular complexity index is 807. The number of aryl methyl sites for hydroxylation is 1. The van der Waals surface area contributed by atoms with E-state index in [1.807, 2.05) is 17.0 Å². The number of hydrogen-bond acceptors (Lipinski definition) is 1. The number of halogens is 1. The van der Waals surface area contributed by atoms with Gasteiger partial charge in [0.15, 0.2) is 0 Å². The Balaban J connectivity index is 2.04. The average Bonchev–Trinajstić information content (AvgIpc) is 2.75. The minimum Gasteiger partial charge on any atom is -0.283 e. The molecule has 0 saturated heterocycles. The zero-order valence-corrected chi connectivity index (χ0v) is 17.2. The van der Waals surface area contributed by atoms with Gasteiger partial charge in [-0.1, -0.05) is 68.1 Å². The molecular formula is C23H26BrNO. The van der Waals surface area contributed by atoms with Gasteiger partial charge in [-0.2, -0.15) is 0 Å². The summed E-state index contributed by atoms with van der Waals surface area (Å²) in [4.78, 5) is 15.1. The highest BCUT2D eigenvalue weighted by Crippen LogP contribution is 2.38. The summed E-state index contributed by atoms with van der Waals surface area (Å²) in [6, 6.07) is 16.5. The molecule has 0 saturated carbocycles. The van der Waals surface area contributed by atoms with Crippen molar-refractivity contribution in [3.8, 4) is 0 Å². The summed E-state index contributed by atoms with van der Waals surface area (Å²) >= 11 is 3.84. The number of rotatable bonds is 6. The summed E-state index contributed by atoms with van der Waals surface area (Å²) in [6.45, 7) is 4.29. The van der Waals surface area contributed by atoms with Gasteiger partial charge in [0.05, 0.1) is 6.42 Å². The van der Waals surface area contributed by atoms with Crippen molar-refractivity contribution in [3.63, 3.8) is 0 Å². The number of carbonyl (C=O) groups is 1. The van der Waals surface area contributed by atoms with E-state index < -0.39 is 0 Å². The Hall–Kier alpha value is -1.87. The van der Waals surface area contributed by atoms with Gasteiger partial charge in [-0.25, -0.2) is 0 Å². The summed E-state index contributed by atoms with van der Waals surface area (Å²) in [5.41, 5.74) is 5.47. The van der Waals surface area contributed by atoms with E-state index in [4.69, 9.17) is 0 Å². The molecule has 1 heterocycles. The van der Waals surface area contributed by atoms with E-state index in [0.29, 0.717) is 6.42 Å². The van der Waals surface area contributed by atoms with Crippen LogP contribution in [0.4, 0.5) is 5.69 Å². The van der Waals surface area contributed by atoms with Crippen molar-refractivity contribution in [2.75, 3.05) is 4.90 Å². The van der Waals surface area contributed by atoms with Crippen LogP contribution in [0.25, 0.3) is 4.48 Å². The Morgan fingerprint density at radius 3 is 2.46 bits per heavy atom. The Kier molecular flexibility index (Phi) is 6.31. The molecule has 0 unspecified atom stereocenters. The van der Waals surface area contributed by atoms with Crippen LogP contribution in [0, 0.1) is 6.92 Å². The van der Waals surface area contributed by atoms with Crippen molar-refractivity contribution < 1.29 is 4.79 Å². The topological polar surface area (TPSA) is 20.3 Å². The third-order valence-electron chi connectivity index (χ3n) is 4.93. The molecule has 0 bridgehead atoms. The molecular weight excluding hydrogens is 386 g/mol. The van der Waals surface area contributed by atoms with Crippen molar-refractivity contribution in [2.45, 2.75) is 52.4 Å². The number of carbonyl (C=O) groups excluding carboxylic acids is 1. The second kappa shape index (κ2) is 8.68. The summed E-state index contributed by atoms with van der Waals surface area (Å²) in [5, 5.41) is 0. The molecule has 0 spiro atoms. The van der Waals surface area contributed by atoms with Gasteiger partial charge in [0, 0.05) is 15.9 Å². The predicted octanol–water partition coefficient (Wildman–Crippen LogP) is 6.62. The number of hydrogen-bond donors (Lipinski definition) is 0. The lowest BCUT2D eigenvalue weighted by molar-refractivity contribution is -0.117. The first-order valence-electron chi connectivity index (χ1n) is 9.48. The van der Waals surface area contributed by atoms with Crippen LogP contribution in [-0.2, 0) is 11.2 Å². The maximum Gasteiger partial charge on any atom is 0.235 e. The average molecular weight is 412 g/mol. The lowest BCUT2D eigenvalue weighted by atomic mass is 10.0. The Morgan fingerprint density at radius 2 is 1.73 bits per heavy atom. The van der Waals surface area contributed by atoms with Gasteiger partial charge < -0.3 is 0 Å². The quantitative estimate of drug-likeness (QED) is 0.489. The highest BCUT2D eigenvalue weighted by Gasteiger charge is 2.27. The van der Waals surface area contributed by atoms with E-state index >= 15 is 0 Å². The van der Waals surface area contributed by atoms with Gasteiger partial charge in [0.2, 0.25) is 5.91 Å². The molecule has 1 aliphatic rings. The molecule has 2 nitrogen and oxygen atoms in total. The lowest BCUT2D eigenvalue weighted by Gasteiger charge is -2.26.